The Labute approximate surface area is 87.8 Å². The Hall–Kier alpha value is -0.260. The van der Waals surface area contributed by atoms with Gasteiger partial charge in [0.05, 0.1) is 0 Å². The SMILES string of the molecule is CC=C(C)C12CC3CC(CC(C3)C1)C2. The average molecular weight is 190 g/mol. The summed E-state index contributed by atoms with van der Waals surface area (Å²) in [4.78, 5) is 0. The van der Waals surface area contributed by atoms with Crippen LogP contribution >= 0.6 is 0 Å². The maximum absolute atomic E-state index is 2.38. The van der Waals surface area contributed by atoms with E-state index in [4.69, 9.17) is 0 Å². The van der Waals surface area contributed by atoms with Crippen molar-refractivity contribution in [3.8, 4) is 0 Å². The first-order valence-electron chi connectivity index (χ1n) is 6.35. The van der Waals surface area contributed by atoms with Crippen molar-refractivity contribution in [2.45, 2.75) is 52.4 Å². The molecule has 0 amide bonds. The second-order valence-electron chi connectivity index (χ2n) is 6.17. The van der Waals surface area contributed by atoms with Crippen molar-refractivity contribution in [3.05, 3.63) is 11.6 Å². The van der Waals surface area contributed by atoms with Crippen LogP contribution in [0.2, 0.25) is 0 Å². The van der Waals surface area contributed by atoms with Crippen LogP contribution in [0, 0.1) is 23.2 Å². The number of hydrogen-bond acceptors (Lipinski definition) is 0. The van der Waals surface area contributed by atoms with E-state index in [1.54, 1.807) is 24.8 Å². The van der Waals surface area contributed by atoms with Crippen molar-refractivity contribution in [2.75, 3.05) is 0 Å². The fourth-order valence-corrected chi connectivity index (χ4v) is 4.90. The van der Waals surface area contributed by atoms with Gasteiger partial charge in [-0.15, -0.1) is 0 Å². The van der Waals surface area contributed by atoms with E-state index < -0.39 is 0 Å². The summed E-state index contributed by atoms with van der Waals surface area (Å²) in [5.74, 6) is 3.28. The third kappa shape index (κ3) is 1.12. The molecule has 4 bridgehead atoms. The van der Waals surface area contributed by atoms with Gasteiger partial charge in [0.15, 0.2) is 0 Å². The molecule has 78 valence electrons. The topological polar surface area (TPSA) is 0 Å². The molecule has 14 heavy (non-hydrogen) atoms. The number of rotatable bonds is 1. The van der Waals surface area contributed by atoms with Gasteiger partial charge in [-0.1, -0.05) is 11.6 Å². The fourth-order valence-electron chi connectivity index (χ4n) is 4.90. The molecular formula is C14H22. The van der Waals surface area contributed by atoms with Crippen LogP contribution in [0.4, 0.5) is 0 Å². The lowest BCUT2D eigenvalue weighted by atomic mass is 9.48. The van der Waals surface area contributed by atoms with Crippen LogP contribution in [-0.4, -0.2) is 0 Å². The highest BCUT2D eigenvalue weighted by atomic mass is 14.6. The smallest absolute Gasteiger partial charge is 0.00830 e. The van der Waals surface area contributed by atoms with Crippen molar-refractivity contribution < 1.29 is 0 Å². The van der Waals surface area contributed by atoms with Crippen molar-refractivity contribution in [3.63, 3.8) is 0 Å². The summed E-state index contributed by atoms with van der Waals surface area (Å²) in [6, 6.07) is 0. The lowest BCUT2D eigenvalue weighted by molar-refractivity contribution is -0.0304. The average Bonchev–Trinajstić information content (AvgIpc) is 2.14. The van der Waals surface area contributed by atoms with Gasteiger partial charge in [-0.2, -0.15) is 0 Å². The number of allylic oxidation sites excluding steroid dienone is 2. The van der Waals surface area contributed by atoms with Crippen LogP contribution in [0.5, 0.6) is 0 Å². The van der Waals surface area contributed by atoms with E-state index in [-0.39, 0.29) is 0 Å². The summed E-state index contributed by atoms with van der Waals surface area (Å²) in [6.07, 6.45) is 11.6. The molecule has 4 aliphatic rings. The molecule has 0 nitrogen and oxygen atoms in total. The van der Waals surface area contributed by atoms with Crippen LogP contribution in [0.1, 0.15) is 52.4 Å². The van der Waals surface area contributed by atoms with E-state index in [9.17, 15) is 0 Å². The van der Waals surface area contributed by atoms with Gasteiger partial charge in [0.1, 0.15) is 0 Å². The standard InChI is InChI=1S/C14H22/c1-3-10(2)14-7-11-4-12(8-14)6-13(5-11)9-14/h3,11-13H,4-9H2,1-2H3. The molecule has 0 aliphatic heterocycles. The molecule has 4 rings (SSSR count). The van der Waals surface area contributed by atoms with Gasteiger partial charge in [-0.25, -0.2) is 0 Å². The van der Waals surface area contributed by atoms with Crippen molar-refractivity contribution in [1.82, 2.24) is 0 Å². The summed E-state index contributed by atoms with van der Waals surface area (Å²) in [6.45, 7) is 4.61. The van der Waals surface area contributed by atoms with Gasteiger partial charge < -0.3 is 0 Å². The van der Waals surface area contributed by atoms with E-state index in [2.05, 4.69) is 19.9 Å². The third-order valence-electron chi connectivity index (χ3n) is 5.31. The highest BCUT2D eigenvalue weighted by molar-refractivity contribution is 5.18. The van der Waals surface area contributed by atoms with Gasteiger partial charge in [-0.3, -0.25) is 0 Å². The van der Waals surface area contributed by atoms with E-state index in [0.29, 0.717) is 5.41 Å². The molecular weight excluding hydrogens is 168 g/mol. The van der Waals surface area contributed by atoms with Gasteiger partial charge >= 0.3 is 0 Å². The zero-order chi connectivity index (χ0) is 9.76. The molecule has 0 aromatic heterocycles. The second kappa shape index (κ2) is 2.87. The van der Waals surface area contributed by atoms with Gasteiger partial charge in [0.2, 0.25) is 0 Å². The highest BCUT2D eigenvalue weighted by Gasteiger charge is 2.51. The Balaban J connectivity index is 1.94. The predicted molar refractivity (Wildman–Crippen MR) is 60.0 cm³/mol. The maximum Gasteiger partial charge on any atom is -0.00830 e. The van der Waals surface area contributed by atoms with Crippen LogP contribution < -0.4 is 0 Å². The molecule has 0 heterocycles. The molecule has 0 radical (unpaired) electrons. The first-order valence-corrected chi connectivity index (χ1v) is 6.35. The predicted octanol–water partition coefficient (Wildman–Crippen LogP) is 4.17. The minimum absolute atomic E-state index is 0.670. The first kappa shape index (κ1) is 9.00. The fraction of sp³-hybridized carbons (Fsp3) is 0.857. The van der Waals surface area contributed by atoms with Crippen molar-refractivity contribution in [2.24, 2.45) is 23.2 Å². The third-order valence-corrected chi connectivity index (χ3v) is 5.31. The van der Waals surface area contributed by atoms with E-state index >= 15 is 0 Å². The Morgan fingerprint density at radius 1 is 1.00 bits per heavy atom. The summed E-state index contributed by atoms with van der Waals surface area (Å²) in [5, 5.41) is 0. The minimum Gasteiger partial charge on any atom is -0.0882 e. The van der Waals surface area contributed by atoms with E-state index in [1.807, 2.05) is 0 Å². The molecule has 0 saturated heterocycles. The minimum atomic E-state index is 0.670. The van der Waals surface area contributed by atoms with Crippen LogP contribution in [0.3, 0.4) is 0 Å². The van der Waals surface area contributed by atoms with Crippen LogP contribution in [-0.2, 0) is 0 Å². The molecule has 4 fully saturated rings. The Bertz CT molecular complexity index is 236. The Morgan fingerprint density at radius 3 is 1.79 bits per heavy atom. The Kier molecular flexibility index (Phi) is 1.84. The Morgan fingerprint density at radius 2 is 1.43 bits per heavy atom. The second-order valence-corrected chi connectivity index (χ2v) is 6.17. The lowest BCUT2D eigenvalue weighted by Gasteiger charge is -2.57. The van der Waals surface area contributed by atoms with Crippen molar-refractivity contribution in [1.29, 1.82) is 0 Å². The molecule has 4 saturated carbocycles. The molecule has 0 unspecified atom stereocenters. The molecule has 0 N–H and O–H groups in total. The highest BCUT2D eigenvalue weighted by Crippen LogP contribution is 2.62. The summed E-state index contributed by atoms with van der Waals surface area (Å²) in [7, 11) is 0. The van der Waals surface area contributed by atoms with E-state index in [1.165, 1.54) is 19.3 Å². The summed E-state index contributed by atoms with van der Waals surface area (Å²) < 4.78 is 0. The largest absolute Gasteiger partial charge is 0.0882 e. The van der Waals surface area contributed by atoms with Crippen LogP contribution in [0.25, 0.3) is 0 Å². The molecule has 0 heteroatoms. The van der Waals surface area contributed by atoms with Crippen molar-refractivity contribution >= 4 is 0 Å². The first-order chi connectivity index (χ1) is 6.72. The maximum atomic E-state index is 2.38. The summed E-state index contributed by atoms with van der Waals surface area (Å²) >= 11 is 0. The van der Waals surface area contributed by atoms with Gasteiger partial charge in [-0.05, 0) is 75.5 Å². The lowest BCUT2D eigenvalue weighted by Crippen LogP contribution is -2.46. The molecule has 0 aromatic carbocycles. The van der Waals surface area contributed by atoms with E-state index in [0.717, 1.165) is 17.8 Å². The number of hydrogen-bond donors (Lipinski definition) is 0. The molecule has 0 atom stereocenters. The quantitative estimate of drug-likeness (QED) is 0.544. The molecule has 0 aromatic rings. The summed E-state index contributed by atoms with van der Waals surface area (Å²) in [5.41, 5.74) is 2.38. The zero-order valence-electron chi connectivity index (χ0n) is 9.55. The zero-order valence-corrected chi connectivity index (χ0v) is 9.55. The van der Waals surface area contributed by atoms with Gasteiger partial charge in [0.25, 0.3) is 0 Å². The van der Waals surface area contributed by atoms with Gasteiger partial charge in [0, 0.05) is 0 Å². The normalized spacial score (nSPS) is 51.3. The van der Waals surface area contributed by atoms with Crippen LogP contribution in [0.15, 0.2) is 11.6 Å². The monoisotopic (exact) mass is 190 g/mol. The molecule has 4 aliphatic carbocycles. The molecule has 0 spiro atoms.